The first-order chi connectivity index (χ1) is 11.4. The zero-order valence-corrected chi connectivity index (χ0v) is 14.5. The highest BCUT2D eigenvalue weighted by atomic mass is 32.2. The molecule has 1 fully saturated rings. The van der Waals surface area contributed by atoms with Gasteiger partial charge in [0.25, 0.3) is 0 Å². The average molecular weight is 349 g/mol. The molecule has 1 unspecified atom stereocenters. The van der Waals surface area contributed by atoms with Gasteiger partial charge >= 0.3 is 0 Å². The van der Waals surface area contributed by atoms with Crippen molar-refractivity contribution >= 4 is 9.84 Å². The molecule has 0 spiro atoms. The SMILES string of the molecule is COCCc1nc(-c2cc(C#N)cn2C)n(C2CCS(=O)(=O)C2)n1. The molecule has 0 N–H and O–H groups in total. The van der Waals surface area contributed by atoms with Gasteiger partial charge in [0.15, 0.2) is 21.5 Å². The summed E-state index contributed by atoms with van der Waals surface area (Å²) in [6.07, 6.45) is 2.79. The van der Waals surface area contributed by atoms with Gasteiger partial charge < -0.3 is 9.30 Å². The molecule has 128 valence electrons. The number of nitriles is 1. The van der Waals surface area contributed by atoms with Crippen molar-refractivity contribution in [2.45, 2.75) is 18.9 Å². The van der Waals surface area contributed by atoms with Crippen molar-refractivity contribution in [2.75, 3.05) is 25.2 Å². The quantitative estimate of drug-likeness (QED) is 0.787. The molecule has 1 atom stereocenters. The number of ether oxygens (including phenoxy) is 1. The van der Waals surface area contributed by atoms with E-state index in [-0.39, 0.29) is 17.5 Å². The Morgan fingerprint density at radius 1 is 1.50 bits per heavy atom. The lowest BCUT2D eigenvalue weighted by Crippen LogP contribution is -2.14. The summed E-state index contributed by atoms with van der Waals surface area (Å²) in [6, 6.07) is 3.62. The predicted molar refractivity (Wildman–Crippen MR) is 87.0 cm³/mol. The summed E-state index contributed by atoms with van der Waals surface area (Å²) in [5.41, 5.74) is 1.27. The molecular formula is C15H19N5O3S. The van der Waals surface area contributed by atoms with Gasteiger partial charge in [0.1, 0.15) is 6.07 Å². The number of methoxy groups -OCH3 is 1. The first kappa shape index (κ1) is 16.7. The summed E-state index contributed by atoms with van der Waals surface area (Å²) in [5.74, 6) is 1.44. The molecule has 2 aromatic heterocycles. The Kier molecular flexibility index (Phi) is 4.43. The minimum absolute atomic E-state index is 0.0720. The van der Waals surface area contributed by atoms with Crippen LogP contribution < -0.4 is 0 Å². The van der Waals surface area contributed by atoms with Crippen LogP contribution in [-0.4, -0.2) is 53.0 Å². The summed E-state index contributed by atoms with van der Waals surface area (Å²) in [4.78, 5) is 4.57. The van der Waals surface area contributed by atoms with Gasteiger partial charge in [-0.2, -0.15) is 10.4 Å². The van der Waals surface area contributed by atoms with Gasteiger partial charge in [-0.3, -0.25) is 0 Å². The number of aromatic nitrogens is 4. The zero-order valence-electron chi connectivity index (χ0n) is 13.6. The number of aryl methyl sites for hydroxylation is 1. The largest absolute Gasteiger partial charge is 0.384 e. The van der Waals surface area contributed by atoms with Crippen molar-refractivity contribution in [1.82, 2.24) is 19.3 Å². The Labute approximate surface area is 140 Å². The summed E-state index contributed by atoms with van der Waals surface area (Å²) >= 11 is 0. The van der Waals surface area contributed by atoms with Crippen LogP contribution in [0.2, 0.25) is 0 Å². The van der Waals surface area contributed by atoms with Crippen molar-refractivity contribution in [2.24, 2.45) is 7.05 Å². The molecule has 2 aromatic rings. The number of nitrogens with zero attached hydrogens (tertiary/aromatic N) is 5. The third kappa shape index (κ3) is 3.20. The first-order valence-corrected chi connectivity index (χ1v) is 9.47. The van der Waals surface area contributed by atoms with Crippen LogP contribution in [0.25, 0.3) is 11.5 Å². The molecule has 3 heterocycles. The standard InChI is InChI=1S/C15H19N5O3S/c1-19-9-11(8-16)7-13(19)15-17-14(3-5-23-2)18-20(15)12-4-6-24(21,22)10-12/h7,9,12H,3-6,10H2,1-2H3. The maximum absolute atomic E-state index is 11.8. The third-order valence-electron chi connectivity index (χ3n) is 4.12. The molecule has 0 aliphatic carbocycles. The van der Waals surface area contributed by atoms with E-state index in [1.54, 1.807) is 24.1 Å². The van der Waals surface area contributed by atoms with Gasteiger partial charge in [-0.25, -0.2) is 18.1 Å². The van der Waals surface area contributed by atoms with E-state index in [0.717, 1.165) is 5.69 Å². The Hall–Kier alpha value is -2.18. The lowest BCUT2D eigenvalue weighted by Gasteiger charge is -2.12. The maximum Gasteiger partial charge on any atom is 0.175 e. The normalized spacial score (nSPS) is 19.5. The van der Waals surface area contributed by atoms with Gasteiger partial charge in [-0.15, -0.1) is 0 Å². The van der Waals surface area contributed by atoms with E-state index in [2.05, 4.69) is 16.2 Å². The fourth-order valence-corrected chi connectivity index (χ4v) is 4.60. The molecule has 0 aromatic carbocycles. The molecule has 1 saturated heterocycles. The van der Waals surface area contributed by atoms with E-state index in [1.807, 2.05) is 11.6 Å². The Balaban J connectivity index is 2.04. The van der Waals surface area contributed by atoms with E-state index in [4.69, 9.17) is 10.00 Å². The lowest BCUT2D eigenvalue weighted by molar-refractivity contribution is 0.200. The molecule has 0 saturated carbocycles. The van der Waals surface area contributed by atoms with Gasteiger partial charge in [0.2, 0.25) is 0 Å². The summed E-state index contributed by atoms with van der Waals surface area (Å²) in [7, 11) is 0.405. The van der Waals surface area contributed by atoms with Crippen molar-refractivity contribution in [3.05, 3.63) is 23.7 Å². The summed E-state index contributed by atoms with van der Waals surface area (Å²) in [5, 5.41) is 13.6. The summed E-state index contributed by atoms with van der Waals surface area (Å²) in [6.45, 7) is 0.489. The molecule has 1 aliphatic rings. The number of hydrogen-bond acceptors (Lipinski definition) is 6. The van der Waals surface area contributed by atoms with Crippen LogP contribution in [0.5, 0.6) is 0 Å². The topological polar surface area (TPSA) is 103 Å². The second-order valence-electron chi connectivity index (χ2n) is 5.93. The Morgan fingerprint density at radius 3 is 2.88 bits per heavy atom. The van der Waals surface area contributed by atoms with Crippen LogP contribution >= 0.6 is 0 Å². The van der Waals surface area contributed by atoms with Crippen LogP contribution in [0.4, 0.5) is 0 Å². The van der Waals surface area contributed by atoms with Gasteiger partial charge in [-0.05, 0) is 12.5 Å². The fraction of sp³-hybridized carbons (Fsp3) is 0.533. The van der Waals surface area contributed by atoms with Crippen LogP contribution in [-0.2, 0) is 28.0 Å². The number of rotatable bonds is 5. The second-order valence-corrected chi connectivity index (χ2v) is 8.16. The molecule has 0 radical (unpaired) electrons. The van der Waals surface area contributed by atoms with Crippen LogP contribution in [0.1, 0.15) is 23.9 Å². The second kappa shape index (κ2) is 6.37. The van der Waals surface area contributed by atoms with Gasteiger partial charge in [-0.1, -0.05) is 0 Å². The number of hydrogen-bond donors (Lipinski definition) is 0. The molecular weight excluding hydrogens is 330 g/mol. The monoisotopic (exact) mass is 349 g/mol. The molecule has 8 nitrogen and oxygen atoms in total. The van der Waals surface area contributed by atoms with E-state index >= 15 is 0 Å². The first-order valence-electron chi connectivity index (χ1n) is 7.65. The highest BCUT2D eigenvalue weighted by Crippen LogP contribution is 2.29. The van der Waals surface area contributed by atoms with Gasteiger partial charge in [0, 0.05) is 26.8 Å². The predicted octanol–water partition coefficient (Wildman–Crippen LogP) is 0.704. The molecule has 0 bridgehead atoms. The number of sulfone groups is 1. The zero-order chi connectivity index (χ0) is 17.3. The smallest absolute Gasteiger partial charge is 0.175 e. The van der Waals surface area contributed by atoms with Gasteiger partial charge in [0.05, 0.1) is 35.4 Å². The van der Waals surface area contributed by atoms with E-state index in [0.29, 0.717) is 36.7 Å². The molecule has 0 amide bonds. The maximum atomic E-state index is 11.8. The van der Waals surface area contributed by atoms with E-state index < -0.39 is 9.84 Å². The Morgan fingerprint density at radius 2 is 2.29 bits per heavy atom. The minimum Gasteiger partial charge on any atom is -0.384 e. The summed E-state index contributed by atoms with van der Waals surface area (Å²) < 4.78 is 32.2. The average Bonchev–Trinajstić information content (AvgIpc) is 3.21. The van der Waals surface area contributed by atoms with E-state index in [1.165, 1.54) is 0 Å². The molecule has 3 rings (SSSR count). The van der Waals surface area contributed by atoms with Crippen molar-refractivity contribution in [1.29, 1.82) is 5.26 Å². The highest BCUT2D eigenvalue weighted by molar-refractivity contribution is 7.91. The van der Waals surface area contributed by atoms with Crippen LogP contribution in [0.3, 0.4) is 0 Å². The van der Waals surface area contributed by atoms with Crippen molar-refractivity contribution in [3.8, 4) is 17.6 Å². The van der Waals surface area contributed by atoms with Crippen molar-refractivity contribution < 1.29 is 13.2 Å². The fourth-order valence-electron chi connectivity index (χ4n) is 2.91. The molecule has 24 heavy (non-hydrogen) atoms. The minimum atomic E-state index is -3.03. The molecule has 9 heteroatoms. The lowest BCUT2D eigenvalue weighted by atomic mass is 10.2. The third-order valence-corrected chi connectivity index (χ3v) is 5.87. The van der Waals surface area contributed by atoms with E-state index in [9.17, 15) is 8.42 Å². The van der Waals surface area contributed by atoms with Crippen LogP contribution in [0.15, 0.2) is 12.3 Å². The Bertz CT molecular complexity index is 891. The van der Waals surface area contributed by atoms with Crippen molar-refractivity contribution in [3.63, 3.8) is 0 Å². The highest BCUT2D eigenvalue weighted by Gasteiger charge is 2.32. The van der Waals surface area contributed by atoms with Crippen LogP contribution in [0, 0.1) is 11.3 Å². The molecule has 1 aliphatic heterocycles.